The van der Waals surface area contributed by atoms with Gasteiger partial charge >= 0.3 is 0 Å². The minimum absolute atomic E-state index is 0.248. The molecule has 3 heteroatoms. The first-order valence-electron chi connectivity index (χ1n) is 5.16. The molecule has 1 aliphatic carbocycles. The molecule has 0 aromatic heterocycles. The van der Waals surface area contributed by atoms with E-state index in [1.807, 2.05) is 0 Å². The lowest BCUT2D eigenvalue weighted by Gasteiger charge is -2.52. The van der Waals surface area contributed by atoms with E-state index in [1.165, 1.54) is 0 Å². The molecule has 1 fully saturated rings. The maximum absolute atomic E-state index is 5.66. The molecule has 2 unspecified atom stereocenters. The number of nitrogens with one attached hydrogen (secondary N) is 1. The van der Waals surface area contributed by atoms with Crippen molar-refractivity contribution in [1.82, 2.24) is 5.32 Å². The highest BCUT2D eigenvalue weighted by atomic mass is 79.9. The van der Waals surface area contributed by atoms with Gasteiger partial charge in [-0.15, -0.1) is 0 Å². The average Bonchev–Trinajstić information content (AvgIpc) is 2.09. The van der Waals surface area contributed by atoms with Gasteiger partial charge in [0.2, 0.25) is 0 Å². The van der Waals surface area contributed by atoms with Crippen LogP contribution in [0.25, 0.3) is 0 Å². The second-order valence-electron chi connectivity index (χ2n) is 4.45. The summed E-state index contributed by atoms with van der Waals surface area (Å²) < 4.78 is 6.66. The third-order valence-electron chi connectivity index (χ3n) is 3.09. The number of hydrogen-bond donors (Lipinski definition) is 1. The minimum Gasteiger partial charge on any atom is -0.378 e. The van der Waals surface area contributed by atoms with Crippen LogP contribution in [-0.4, -0.2) is 25.3 Å². The van der Waals surface area contributed by atoms with Crippen molar-refractivity contribution >= 4 is 15.9 Å². The van der Waals surface area contributed by atoms with E-state index < -0.39 is 0 Å². The number of ether oxygens (including phenoxy) is 1. The highest BCUT2D eigenvalue weighted by molar-refractivity contribution is 9.11. The molecule has 0 heterocycles. The Balaban J connectivity index is 2.34. The summed E-state index contributed by atoms with van der Waals surface area (Å²) in [4.78, 5) is 0. The Kier molecular flexibility index (Phi) is 4.16. The first-order chi connectivity index (χ1) is 6.48. The molecule has 2 nitrogen and oxygen atoms in total. The summed E-state index contributed by atoms with van der Waals surface area (Å²) in [6.07, 6.45) is 1.52. The summed E-state index contributed by atoms with van der Waals surface area (Å²) in [7, 11) is 0. The van der Waals surface area contributed by atoms with E-state index in [4.69, 9.17) is 4.74 Å². The molecule has 14 heavy (non-hydrogen) atoms. The first-order valence-corrected chi connectivity index (χ1v) is 5.96. The molecule has 0 aromatic carbocycles. The third kappa shape index (κ3) is 2.59. The molecule has 1 rings (SSSR count). The van der Waals surface area contributed by atoms with Gasteiger partial charge < -0.3 is 10.1 Å². The smallest absolute Gasteiger partial charge is 0.0655 e. The molecule has 1 N–H and O–H groups in total. The molecule has 1 aliphatic rings. The largest absolute Gasteiger partial charge is 0.378 e. The van der Waals surface area contributed by atoms with E-state index in [-0.39, 0.29) is 5.41 Å². The average molecular weight is 262 g/mol. The van der Waals surface area contributed by atoms with Crippen molar-refractivity contribution in [3.63, 3.8) is 0 Å². The topological polar surface area (TPSA) is 21.3 Å². The standard InChI is InChI=1S/C11H20BrNO/c1-5-14-10-6-9(11(10,3)4)13-7-8(2)12/h9-10,13H,2,5-7H2,1,3-4H3. The maximum atomic E-state index is 5.66. The molecular formula is C11H20BrNO. The van der Waals surface area contributed by atoms with Crippen molar-refractivity contribution in [3.8, 4) is 0 Å². The lowest BCUT2D eigenvalue weighted by Crippen LogP contribution is -2.61. The predicted molar refractivity (Wildman–Crippen MR) is 63.7 cm³/mol. The zero-order valence-electron chi connectivity index (χ0n) is 9.27. The fraction of sp³-hybridized carbons (Fsp3) is 0.818. The van der Waals surface area contributed by atoms with E-state index in [1.54, 1.807) is 0 Å². The Labute approximate surface area is 95.2 Å². The van der Waals surface area contributed by atoms with E-state index >= 15 is 0 Å². The number of halogens is 1. The van der Waals surface area contributed by atoms with Gasteiger partial charge in [-0.1, -0.05) is 36.4 Å². The quantitative estimate of drug-likeness (QED) is 0.822. The maximum Gasteiger partial charge on any atom is 0.0655 e. The zero-order chi connectivity index (χ0) is 10.8. The third-order valence-corrected chi connectivity index (χ3v) is 3.37. The van der Waals surface area contributed by atoms with Gasteiger partial charge in [-0.25, -0.2) is 0 Å². The molecule has 0 aliphatic heterocycles. The van der Waals surface area contributed by atoms with Crippen molar-refractivity contribution in [2.45, 2.75) is 39.3 Å². The molecule has 0 spiro atoms. The van der Waals surface area contributed by atoms with Crippen LogP contribution in [0.15, 0.2) is 11.1 Å². The second-order valence-corrected chi connectivity index (χ2v) is 5.57. The van der Waals surface area contributed by atoms with Crippen LogP contribution in [0.5, 0.6) is 0 Å². The molecular weight excluding hydrogens is 242 g/mol. The van der Waals surface area contributed by atoms with Gasteiger partial charge in [0.15, 0.2) is 0 Å². The molecule has 82 valence electrons. The lowest BCUT2D eigenvalue weighted by atomic mass is 9.64. The van der Waals surface area contributed by atoms with Gasteiger partial charge in [-0.05, 0) is 13.3 Å². The fourth-order valence-electron chi connectivity index (χ4n) is 1.95. The van der Waals surface area contributed by atoms with Crippen molar-refractivity contribution in [2.24, 2.45) is 5.41 Å². The van der Waals surface area contributed by atoms with Crippen molar-refractivity contribution in [3.05, 3.63) is 11.1 Å². The van der Waals surface area contributed by atoms with Crippen molar-refractivity contribution in [2.75, 3.05) is 13.2 Å². The molecule has 0 radical (unpaired) electrons. The number of hydrogen-bond acceptors (Lipinski definition) is 2. The van der Waals surface area contributed by atoms with Crippen molar-refractivity contribution in [1.29, 1.82) is 0 Å². The Bertz CT molecular complexity index is 215. The molecule has 0 bridgehead atoms. The summed E-state index contributed by atoms with van der Waals surface area (Å²) in [5.74, 6) is 0. The predicted octanol–water partition coefficient (Wildman–Crippen LogP) is 2.69. The Morgan fingerprint density at radius 1 is 1.64 bits per heavy atom. The van der Waals surface area contributed by atoms with Gasteiger partial charge in [0.05, 0.1) is 6.10 Å². The van der Waals surface area contributed by atoms with Crippen molar-refractivity contribution < 1.29 is 4.74 Å². The minimum atomic E-state index is 0.248. The van der Waals surface area contributed by atoms with Gasteiger partial charge in [0.1, 0.15) is 0 Å². The second kappa shape index (κ2) is 4.77. The van der Waals surface area contributed by atoms with E-state index in [2.05, 4.69) is 48.6 Å². The molecule has 0 saturated heterocycles. The Hall–Kier alpha value is 0.140. The Morgan fingerprint density at radius 2 is 2.29 bits per heavy atom. The molecule has 2 atom stereocenters. The first kappa shape index (κ1) is 12.2. The monoisotopic (exact) mass is 261 g/mol. The molecule has 1 saturated carbocycles. The summed E-state index contributed by atoms with van der Waals surface area (Å²) in [6, 6.07) is 0.549. The summed E-state index contributed by atoms with van der Waals surface area (Å²) in [6.45, 7) is 12.0. The van der Waals surface area contributed by atoms with Gasteiger partial charge in [-0.3, -0.25) is 0 Å². The van der Waals surface area contributed by atoms with E-state index in [0.717, 1.165) is 24.1 Å². The lowest BCUT2D eigenvalue weighted by molar-refractivity contribution is -0.113. The van der Waals surface area contributed by atoms with Gasteiger partial charge in [-0.2, -0.15) is 0 Å². The molecule has 0 aromatic rings. The summed E-state index contributed by atoms with van der Waals surface area (Å²) in [5.41, 5.74) is 0.248. The van der Waals surface area contributed by atoms with Crippen LogP contribution in [0.4, 0.5) is 0 Å². The summed E-state index contributed by atoms with van der Waals surface area (Å²) >= 11 is 3.35. The highest BCUT2D eigenvalue weighted by Gasteiger charge is 2.48. The SMILES string of the molecule is C=C(Br)CNC1CC(OCC)C1(C)C. The van der Waals surface area contributed by atoms with Crippen LogP contribution in [0.1, 0.15) is 27.2 Å². The normalized spacial score (nSPS) is 29.7. The Morgan fingerprint density at radius 3 is 2.71 bits per heavy atom. The van der Waals surface area contributed by atoms with Crippen LogP contribution >= 0.6 is 15.9 Å². The van der Waals surface area contributed by atoms with Crippen LogP contribution in [0, 0.1) is 5.41 Å². The van der Waals surface area contributed by atoms with Crippen LogP contribution in [-0.2, 0) is 4.74 Å². The molecule has 0 amide bonds. The fourth-order valence-corrected chi connectivity index (χ4v) is 2.11. The van der Waals surface area contributed by atoms with E-state index in [9.17, 15) is 0 Å². The van der Waals surface area contributed by atoms with Crippen LogP contribution < -0.4 is 5.32 Å². The highest BCUT2D eigenvalue weighted by Crippen LogP contribution is 2.42. The zero-order valence-corrected chi connectivity index (χ0v) is 10.9. The number of rotatable bonds is 5. The summed E-state index contributed by atoms with van der Waals surface area (Å²) in [5, 5.41) is 3.47. The van der Waals surface area contributed by atoms with Gasteiger partial charge in [0.25, 0.3) is 0 Å². The van der Waals surface area contributed by atoms with Crippen LogP contribution in [0.3, 0.4) is 0 Å². The van der Waals surface area contributed by atoms with E-state index in [0.29, 0.717) is 12.1 Å². The van der Waals surface area contributed by atoms with Gasteiger partial charge in [0, 0.05) is 29.1 Å². The van der Waals surface area contributed by atoms with Crippen LogP contribution in [0.2, 0.25) is 0 Å².